The van der Waals surface area contributed by atoms with Crippen molar-refractivity contribution in [3.05, 3.63) is 90.0 Å². The van der Waals surface area contributed by atoms with E-state index in [1.807, 2.05) is 78.9 Å². The minimum atomic E-state index is -0.394. The summed E-state index contributed by atoms with van der Waals surface area (Å²) in [6.07, 6.45) is -0.394. The smallest absolute Gasteiger partial charge is 0.184 e. The van der Waals surface area contributed by atoms with Gasteiger partial charge in [0.25, 0.3) is 0 Å². The quantitative estimate of drug-likeness (QED) is 0.618. The predicted molar refractivity (Wildman–Crippen MR) is 103 cm³/mol. The molecule has 0 N–H and O–H groups in total. The molecule has 3 rings (SSSR count). The van der Waals surface area contributed by atoms with Crippen molar-refractivity contribution >= 4 is 0 Å². The van der Waals surface area contributed by atoms with Gasteiger partial charge in [0, 0.05) is 11.1 Å². The summed E-state index contributed by atoms with van der Waals surface area (Å²) >= 11 is 0. The molecule has 3 nitrogen and oxygen atoms in total. The van der Waals surface area contributed by atoms with Crippen LogP contribution in [0.25, 0.3) is 0 Å². The fraction of sp³-hybridized carbons (Fsp3) is 0.130. The van der Waals surface area contributed by atoms with Crippen LogP contribution in [0.1, 0.15) is 17.2 Å². The molecule has 26 heavy (non-hydrogen) atoms. The first-order chi connectivity index (χ1) is 12.8. The van der Waals surface area contributed by atoms with Crippen LogP contribution in [-0.4, -0.2) is 14.2 Å². The summed E-state index contributed by atoms with van der Waals surface area (Å²) in [6.45, 7) is 0. The van der Waals surface area contributed by atoms with E-state index in [0.717, 1.165) is 28.4 Å². The molecule has 0 spiro atoms. The lowest BCUT2D eigenvalue weighted by molar-refractivity contribution is 0.264. The van der Waals surface area contributed by atoms with Gasteiger partial charge in [-0.05, 0) is 54.5 Å². The first-order valence-corrected chi connectivity index (χ1v) is 8.30. The van der Waals surface area contributed by atoms with Gasteiger partial charge in [0.05, 0.1) is 14.2 Å². The van der Waals surface area contributed by atoms with E-state index >= 15 is 0 Å². The highest BCUT2D eigenvalue weighted by atomic mass is 16.5. The van der Waals surface area contributed by atoms with Crippen LogP contribution >= 0.6 is 0 Å². The largest absolute Gasteiger partial charge is 0.497 e. The van der Waals surface area contributed by atoms with Gasteiger partial charge in [-0.25, -0.2) is 0 Å². The second-order valence-corrected chi connectivity index (χ2v) is 5.58. The molecule has 3 aromatic rings. The second kappa shape index (κ2) is 8.64. The van der Waals surface area contributed by atoms with Gasteiger partial charge in [0.15, 0.2) is 6.10 Å². The van der Waals surface area contributed by atoms with Crippen molar-refractivity contribution in [3.63, 3.8) is 0 Å². The molecule has 130 valence electrons. The Morgan fingerprint density at radius 1 is 0.654 bits per heavy atom. The summed E-state index contributed by atoms with van der Waals surface area (Å²) in [4.78, 5) is 0. The lowest BCUT2D eigenvalue weighted by Crippen LogP contribution is -2.05. The van der Waals surface area contributed by atoms with Crippen LogP contribution in [0, 0.1) is 11.8 Å². The zero-order valence-electron chi connectivity index (χ0n) is 14.8. The average Bonchev–Trinajstić information content (AvgIpc) is 2.72. The lowest BCUT2D eigenvalue weighted by atomic mass is 10.1. The Morgan fingerprint density at radius 3 is 1.77 bits per heavy atom. The van der Waals surface area contributed by atoms with E-state index in [1.54, 1.807) is 14.2 Å². The predicted octanol–water partition coefficient (Wildman–Crippen LogP) is 4.88. The van der Waals surface area contributed by atoms with Gasteiger partial charge < -0.3 is 14.2 Å². The average molecular weight is 344 g/mol. The van der Waals surface area contributed by atoms with E-state index in [2.05, 4.69) is 11.8 Å². The Bertz CT molecular complexity index is 873. The molecule has 1 atom stereocenters. The van der Waals surface area contributed by atoms with Crippen LogP contribution in [0.4, 0.5) is 0 Å². The first kappa shape index (κ1) is 17.4. The van der Waals surface area contributed by atoms with Gasteiger partial charge in [-0.1, -0.05) is 36.3 Å². The van der Waals surface area contributed by atoms with Crippen molar-refractivity contribution in [1.29, 1.82) is 0 Å². The van der Waals surface area contributed by atoms with Gasteiger partial charge in [0.2, 0.25) is 0 Å². The van der Waals surface area contributed by atoms with Crippen molar-refractivity contribution in [2.75, 3.05) is 14.2 Å². The molecule has 0 aliphatic rings. The standard InChI is InChI=1S/C23H20O3/c1-24-20-11-9-19(10-12-20)23(17-8-18-6-4-3-5-7-18)26-22-15-13-21(25-2)14-16-22/h3-7,9-16,23H,1-2H3. The lowest BCUT2D eigenvalue weighted by Gasteiger charge is -2.15. The van der Waals surface area contributed by atoms with Gasteiger partial charge in [0.1, 0.15) is 17.2 Å². The maximum Gasteiger partial charge on any atom is 0.184 e. The fourth-order valence-electron chi connectivity index (χ4n) is 2.42. The highest BCUT2D eigenvalue weighted by Gasteiger charge is 2.11. The zero-order valence-corrected chi connectivity index (χ0v) is 14.8. The molecule has 0 aromatic heterocycles. The molecule has 0 saturated heterocycles. The molecule has 0 saturated carbocycles. The third-order valence-electron chi connectivity index (χ3n) is 3.85. The Hall–Kier alpha value is -3.38. The van der Waals surface area contributed by atoms with Crippen molar-refractivity contribution < 1.29 is 14.2 Å². The zero-order chi connectivity index (χ0) is 18.2. The van der Waals surface area contributed by atoms with Crippen molar-refractivity contribution in [2.24, 2.45) is 0 Å². The number of rotatable bonds is 5. The normalized spacial score (nSPS) is 11.0. The molecule has 1 unspecified atom stereocenters. The molecule has 0 aliphatic carbocycles. The first-order valence-electron chi connectivity index (χ1n) is 8.30. The Labute approximate surface area is 154 Å². The molecule has 0 fully saturated rings. The van der Waals surface area contributed by atoms with Crippen LogP contribution in [0.3, 0.4) is 0 Å². The van der Waals surface area contributed by atoms with Gasteiger partial charge in [-0.3, -0.25) is 0 Å². The van der Waals surface area contributed by atoms with E-state index in [9.17, 15) is 0 Å². The molecular formula is C23H20O3. The van der Waals surface area contributed by atoms with Crippen molar-refractivity contribution in [2.45, 2.75) is 6.10 Å². The summed E-state index contributed by atoms with van der Waals surface area (Å²) in [7, 11) is 3.29. The highest BCUT2D eigenvalue weighted by molar-refractivity contribution is 5.39. The fourth-order valence-corrected chi connectivity index (χ4v) is 2.42. The molecule has 3 heteroatoms. The number of hydrogen-bond donors (Lipinski definition) is 0. The van der Waals surface area contributed by atoms with E-state index in [0.29, 0.717) is 0 Å². The van der Waals surface area contributed by atoms with E-state index in [4.69, 9.17) is 14.2 Å². The third-order valence-corrected chi connectivity index (χ3v) is 3.85. The van der Waals surface area contributed by atoms with Gasteiger partial charge >= 0.3 is 0 Å². The Kier molecular flexibility index (Phi) is 5.80. The topological polar surface area (TPSA) is 27.7 Å². The molecule has 0 heterocycles. The van der Waals surface area contributed by atoms with Gasteiger partial charge in [-0.2, -0.15) is 0 Å². The van der Waals surface area contributed by atoms with Gasteiger partial charge in [-0.15, -0.1) is 0 Å². The molecule has 0 bridgehead atoms. The minimum Gasteiger partial charge on any atom is -0.497 e. The summed E-state index contributed by atoms with van der Waals surface area (Å²) in [5.74, 6) is 8.72. The summed E-state index contributed by atoms with van der Waals surface area (Å²) in [5.41, 5.74) is 1.91. The number of ether oxygens (including phenoxy) is 3. The molecule has 3 aromatic carbocycles. The van der Waals surface area contributed by atoms with Crippen LogP contribution in [0.2, 0.25) is 0 Å². The summed E-state index contributed by atoms with van der Waals surface area (Å²) < 4.78 is 16.5. The van der Waals surface area contributed by atoms with Crippen LogP contribution in [0.15, 0.2) is 78.9 Å². The SMILES string of the molecule is COc1ccc(OC(C#Cc2ccccc2)c2ccc(OC)cc2)cc1. The number of hydrogen-bond acceptors (Lipinski definition) is 3. The van der Waals surface area contributed by atoms with E-state index < -0.39 is 6.10 Å². The Balaban J connectivity index is 1.88. The van der Waals surface area contributed by atoms with E-state index in [1.165, 1.54) is 0 Å². The van der Waals surface area contributed by atoms with Crippen LogP contribution < -0.4 is 14.2 Å². The summed E-state index contributed by atoms with van der Waals surface area (Å²) in [5, 5.41) is 0. The highest BCUT2D eigenvalue weighted by Crippen LogP contribution is 2.25. The number of methoxy groups -OCH3 is 2. The molecule has 0 radical (unpaired) electrons. The monoisotopic (exact) mass is 344 g/mol. The summed E-state index contributed by atoms with van der Waals surface area (Å²) in [6, 6.07) is 25.1. The number of benzene rings is 3. The maximum absolute atomic E-state index is 6.13. The molecule has 0 aliphatic heterocycles. The minimum absolute atomic E-state index is 0.394. The van der Waals surface area contributed by atoms with Crippen LogP contribution in [0.5, 0.6) is 17.2 Å². The van der Waals surface area contributed by atoms with Crippen molar-refractivity contribution in [3.8, 4) is 29.1 Å². The van der Waals surface area contributed by atoms with Crippen LogP contribution in [-0.2, 0) is 0 Å². The Morgan fingerprint density at radius 2 is 1.19 bits per heavy atom. The maximum atomic E-state index is 6.13. The molecular weight excluding hydrogens is 324 g/mol. The van der Waals surface area contributed by atoms with Crippen molar-refractivity contribution in [1.82, 2.24) is 0 Å². The second-order valence-electron chi connectivity index (χ2n) is 5.58. The van der Waals surface area contributed by atoms with E-state index in [-0.39, 0.29) is 0 Å². The molecule has 0 amide bonds. The third kappa shape index (κ3) is 4.58.